The number of hydrogen-bond acceptors (Lipinski definition) is 3. The largest absolute Gasteiger partial charge is 0.488 e. The summed E-state index contributed by atoms with van der Waals surface area (Å²) in [5.41, 5.74) is 0.791. The summed E-state index contributed by atoms with van der Waals surface area (Å²) < 4.78 is 13.4. The highest BCUT2D eigenvalue weighted by molar-refractivity contribution is 7.98. The smallest absolute Gasteiger partial charge is 0.423 e. The van der Waals surface area contributed by atoms with Gasteiger partial charge in [0.25, 0.3) is 0 Å². The van der Waals surface area contributed by atoms with Crippen LogP contribution in [0.4, 0.5) is 4.39 Å². The van der Waals surface area contributed by atoms with E-state index in [1.807, 2.05) is 6.07 Å². The second-order valence-electron chi connectivity index (χ2n) is 4.13. The molecule has 0 aliphatic carbocycles. The Morgan fingerprint density at radius 1 is 1.05 bits per heavy atom. The number of halogens is 3. The lowest BCUT2D eigenvalue weighted by molar-refractivity contribution is 0.425. The summed E-state index contributed by atoms with van der Waals surface area (Å²) in [5.74, 6) is -0.0181. The average molecular weight is 331 g/mol. The predicted molar refractivity (Wildman–Crippen MR) is 82.2 cm³/mol. The molecule has 20 heavy (non-hydrogen) atoms. The Bertz CT molecular complexity index is 625. The molecule has 0 spiro atoms. The van der Waals surface area contributed by atoms with Gasteiger partial charge in [-0.1, -0.05) is 29.3 Å². The van der Waals surface area contributed by atoms with E-state index in [-0.39, 0.29) is 5.46 Å². The molecule has 0 radical (unpaired) electrons. The van der Waals surface area contributed by atoms with E-state index >= 15 is 0 Å². The van der Waals surface area contributed by atoms with Crippen LogP contribution < -0.4 is 5.46 Å². The SMILES string of the molecule is OB(O)c1cc(F)cc(CSc2ccc(Cl)c(Cl)c2)c1. The average Bonchev–Trinajstić information content (AvgIpc) is 2.39. The van der Waals surface area contributed by atoms with Crippen LogP contribution in [0.25, 0.3) is 0 Å². The van der Waals surface area contributed by atoms with Crippen LogP contribution in [0.1, 0.15) is 5.56 Å². The quantitative estimate of drug-likeness (QED) is 0.668. The van der Waals surface area contributed by atoms with Gasteiger partial charge in [0, 0.05) is 10.6 Å². The molecule has 0 atom stereocenters. The van der Waals surface area contributed by atoms with Crippen molar-refractivity contribution in [3.8, 4) is 0 Å². The van der Waals surface area contributed by atoms with Gasteiger partial charge in [0.15, 0.2) is 0 Å². The van der Waals surface area contributed by atoms with Crippen molar-refractivity contribution in [3.63, 3.8) is 0 Å². The van der Waals surface area contributed by atoms with E-state index in [0.717, 1.165) is 11.0 Å². The Balaban J connectivity index is 2.12. The first-order chi connectivity index (χ1) is 9.45. The van der Waals surface area contributed by atoms with Gasteiger partial charge in [-0.25, -0.2) is 4.39 Å². The third-order valence-electron chi connectivity index (χ3n) is 2.57. The van der Waals surface area contributed by atoms with Crippen molar-refractivity contribution in [2.75, 3.05) is 0 Å². The van der Waals surface area contributed by atoms with Crippen molar-refractivity contribution in [2.24, 2.45) is 0 Å². The Kier molecular flexibility index (Phi) is 5.35. The zero-order chi connectivity index (χ0) is 14.7. The van der Waals surface area contributed by atoms with E-state index < -0.39 is 12.9 Å². The molecule has 104 valence electrons. The fraction of sp³-hybridized carbons (Fsp3) is 0.0769. The van der Waals surface area contributed by atoms with E-state index in [0.29, 0.717) is 21.4 Å². The van der Waals surface area contributed by atoms with Crippen molar-refractivity contribution in [2.45, 2.75) is 10.6 Å². The van der Waals surface area contributed by atoms with Crippen LogP contribution in [0.2, 0.25) is 10.0 Å². The maximum atomic E-state index is 13.4. The molecule has 0 aliphatic heterocycles. The molecule has 0 heterocycles. The zero-order valence-corrected chi connectivity index (χ0v) is 12.5. The number of rotatable bonds is 4. The summed E-state index contributed by atoms with van der Waals surface area (Å²) in [6.45, 7) is 0. The van der Waals surface area contributed by atoms with E-state index in [2.05, 4.69) is 0 Å². The van der Waals surface area contributed by atoms with Gasteiger partial charge in [-0.2, -0.15) is 0 Å². The summed E-state index contributed by atoms with van der Waals surface area (Å²) >= 11 is 13.2. The molecular weight excluding hydrogens is 321 g/mol. The third kappa shape index (κ3) is 4.14. The fourth-order valence-electron chi connectivity index (χ4n) is 1.64. The Labute approximate surface area is 130 Å². The van der Waals surface area contributed by atoms with Gasteiger partial charge in [-0.15, -0.1) is 11.8 Å². The Hall–Kier alpha value is -0.715. The van der Waals surface area contributed by atoms with Gasteiger partial charge in [-0.05, 0) is 41.4 Å². The Morgan fingerprint density at radius 3 is 2.45 bits per heavy atom. The molecule has 0 fully saturated rings. The van der Waals surface area contributed by atoms with E-state index in [1.165, 1.54) is 17.8 Å². The van der Waals surface area contributed by atoms with Crippen LogP contribution >= 0.6 is 35.0 Å². The molecule has 0 saturated carbocycles. The summed E-state index contributed by atoms with van der Waals surface area (Å²) in [6, 6.07) is 9.25. The molecule has 2 aromatic rings. The Morgan fingerprint density at radius 2 is 1.80 bits per heavy atom. The highest BCUT2D eigenvalue weighted by Gasteiger charge is 2.13. The molecule has 0 saturated heterocycles. The van der Waals surface area contributed by atoms with Crippen LogP contribution in [0.3, 0.4) is 0 Å². The minimum absolute atomic E-state index is 0.134. The summed E-state index contributed by atoms with van der Waals surface area (Å²) in [7, 11) is -1.68. The van der Waals surface area contributed by atoms with Crippen molar-refractivity contribution in [1.29, 1.82) is 0 Å². The molecule has 7 heteroatoms. The van der Waals surface area contributed by atoms with Gasteiger partial charge in [-0.3, -0.25) is 0 Å². The molecule has 2 nitrogen and oxygen atoms in total. The lowest BCUT2D eigenvalue weighted by Gasteiger charge is -2.06. The minimum Gasteiger partial charge on any atom is -0.423 e. The van der Waals surface area contributed by atoms with Crippen molar-refractivity contribution in [3.05, 3.63) is 57.8 Å². The van der Waals surface area contributed by atoms with Gasteiger partial charge >= 0.3 is 7.12 Å². The maximum absolute atomic E-state index is 13.4. The van der Waals surface area contributed by atoms with Gasteiger partial charge < -0.3 is 10.0 Å². The molecule has 0 unspecified atom stereocenters. The monoisotopic (exact) mass is 330 g/mol. The second kappa shape index (κ2) is 6.83. The summed E-state index contributed by atoms with van der Waals surface area (Å²) in [6.07, 6.45) is 0. The molecule has 2 rings (SSSR count). The second-order valence-corrected chi connectivity index (χ2v) is 5.99. The van der Waals surface area contributed by atoms with Crippen LogP contribution in [0, 0.1) is 5.82 Å². The van der Waals surface area contributed by atoms with Crippen molar-refractivity contribution >= 4 is 47.5 Å². The molecule has 2 aromatic carbocycles. The first-order valence-corrected chi connectivity index (χ1v) is 7.43. The van der Waals surface area contributed by atoms with Crippen LogP contribution in [0.15, 0.2) is 41.3 Å². The minimum atomic E-state index is -1.68. The standard InChI is InChI=1S/C13H10BCl2FO2S/c15-12-2-1-11(6-13(12)16)20-7-8-3-9(14(18)19)5-10(17)4-8/h1-6,18-19H,7H2. The van der Waals surface area contributed by atoms with Crippen molar-refractivity contribution < 1.29 is 14.4 Å². The predicted octanol–water partition coefficient (Wildman–Crippen LogP) is 3.10. The molecule has 0 amide bonds. The molecule has 0 bridgehead atoms. The first-order valence-electron chi connectivity index (χ1n) is 5.69. The van der Waals surface area contributed by atoms with Crippen LogP contribution in [-0.2, 0) is 5.75 Å². The lowest BCUT2D eigenvalue weighted by atomic mass is 9.79. The summed E-state index contributed by atoms with van der Waals surface area (Å²) in [5, 5.41) is 19.1. The first kappa shape index (κ1) is 15.7. The van der Waals surface area contributed by atoms with Gasteiger partial charge in [0.1, 0.15) is 5.82 Å². The van der Waals surface area contributed by atoms with E-state index in [1.54, 1.807) is 18.2 Å². The van der Waals surface area contributed by atoms with Crippen LogP contribution in [0.5, 0.6) is 0 Å². The van der Waals surface area contributed by atoms with Gasteiger partial charge in [0.05, 0.1) is 10.0 Å². The topological polar surface area (TPSA) is 40.5 Å². The van der Waals surface area contributed by atoms with Gasteiger partial charge in [0.2, 0.25) is 0 Å². The normalized spacial score (nSPS) is 10.7. The van der Waals surface area contributed by atoms with E-state index in [4.69, 9.17) is 33.2 Å². The molecule has 0 aliphatic rings. The lowest BCUT2D eigenvalue weighted by Crippen LogP contribution is -2.30. The molecular formula is C13H10BCl2FO2S. The highest BCUT2D eigenvalue weighted by atomic mass is 35.5. The molecule has 2 N–H and O–H groups in total. The molecule has 0 aromatic heterocycles. The summed E-state index contributed by atoms with van der Waals surface area (Å²) in [4.78, 5) is 0.898. The third-order valence-corrected chi connectivity index (χ3v) is 4.38. The highest BCUT2D eigenvalue weighted by Crippen LogP contribution is 2.29. The van der Waals surface area contributed by atoms with E-state index in [9.17, 15) is 4.39 Å². The maximum Gasteiger partial charge on any atom is 0.488 e. The van der Waals surface area contributed by atoms with Crippen molar-refractivity contribution in [1.82, 2.24) is 0 Å². The number of thioether (sulfide) groups is 1. The number of benzene rings is 2. The fourth-order valence-corrected chi connectivity index (χ4v) is 2.87. The zero-order valence-electron chi connectivity index (χ0n) is 10.2. The number of hydrogen-bond donors (Lipinski definition) is 2. The van der Waals surface area contributed by atoms with Crippen LogP contribution in [-0.4, -0.2) is 17.2 Å².